The number of nitrogens with one attached hydrogen (secondary N) is 1. The highest BCUT2D eigenvalue weighted by Crippen LogP contribution is 2.34. The fraction of sp³-hybridized carbons (Fsp3) is 0.480. The number of rotatable bonds is 3. The number of anilines is 2. The highest BCUT2D eigenvalue weighted by atomic mass is 32.1. The molecule has 0 saturated carbocycles. The molecule has 3 aliphatic rings. The maximum absolute atomic E-state index is 13.0. The Morgan fingerprint density at radius 3 is 2.76 bits per heavy atom. The third-order valence-corrected chi connectivity index (χ3v) is 8.82. The second-order valence-electron chi connectivity index (χ2n) is 9.83. The molecule has 2 fully saturated rings. The SMILES string of the molecule is Cc1cnc2c(N)c(C(=O)N[C@H]3CCc4cc(N5CC6CCC(C5)N6C)ccc4C3)sc2n1. The van der Waals surface area contributed by atoms with Crippen molar-refractivity contribution in [1.82, 2.24) is 20.2 Å². The zero-order valence-corrected chi connectivity index (χ0v) is 20.0. The molecule has 2 aromatic heterocycles. The largest absolute Gasteiger partial charge is 0.396 e. The average molecular weight is 463 g/mol. The fourth-order valence-corrected chi connectivity index (χ4v) is 6.78. The van der Waals surface area contributed by atoms with Crippen molar-refractivity contribution in [3.8, 4) is 0 Å². The van der Waals surface area contributed by atoms with E-state index in [0.717, 1.165) is 42.9 Å². The number of carbonyl (C=O) groups is 1. The Kier molecular flexibility index (Phi) is 5.03. The lowest BCUT2D eigenvalue weighted by molar-refractivity contribution is 0.0938. The van der Waals surface area contributed by atoms with Gasteiger partial charge in [0.25, 0.3) is 5.91 Å². The molecule has 0 spiro atoms. The third kappa shape index (κ3) is 3.65. The Morgan fingerprint density at radius 2 is 1.97 bits per heavy atom. The minimum Gasteiger partial charge on any atom is -0.396 e. The first-order valence-electron chi connectivity index (χ1n) is 11.9. The molecule has 2 unspecified atom stereocenters. The zero-order chi connectivity index (χ0) is 22.7. The maximum atomic E-state index is 13.0. The number of hydrogen-bond acceptors (Lipinski definition) is 7. The predicted molar refractivity (Wildman–Crippen MR) is 133 cm³/mol. The Morgan fingerprint density at radius 1 is 1.18 bits per heavy atom. The molecule has 3 atom stereocenters. The number of aromatic nitrogens is 2. The number of hydrogen-bond donors (Lipinski definition) is 2. The second kappa shape index (κ2) is 7.95. The molecule has 3 aromatic rings. The van der Waals surface area contributed by atoms with Crippen molar-refractivity contribution >= 4 is 39.0 Å². The lowest BCUT2D eigenvalue weighted by Crippen LogP contribution is -2.52. The number of carbonyl (C=O) groups excluding carboxylic acids is 1. The molecule has 1 amide bonds. The summed E-state index contributed by atoms with van der Waals surface area (Å²) in [5.41, 5.74) is 12.2. The number of likely N-dealkylation sites (N-methyl/N-ethyl adjacent to an activating group) is 1. The molecule has 7 nitrogen and oxygen atoms in total. The summed E-state index contributed by atoms with van der Waals surface area (Å²) in [6, 6.07) is 8.43. The summed E-state index contributed by atoms with van der Waals surface area (Å²) in [5.74, 6) is -0.118. The molecule has 2 bridgehead atoms. The molecular weight excluding hydrogens is 432 g/mol. The van der Waals surface area contributed by atoms with Gasteiger partial charge in [-0.05, 0) is 69.3 Å². The highest BCUT2D eigenvalue weighted by Gasteiger charge is 2.37. The predicted octanol–water partition coefficient (Wildman–Crippen LogP) is 3.15. The van der Waals surface area contributed by atoms with Crippen molar-refractivity contribution in [3.05, 3.63) is 46.1 Å². The van der Waals surface area contributed by atoms with Crippen LogP contribution >= 0.6 is 11.3 Å². The minimum atomic E-state index is -0.118. The van der Waals surface area contributed by atoms with Gasteiger partial charge in [0.15, 0.2) is 0 Å². The first kappa shape index (κ1) is 20.9. The molecule has 172 valence electrons. The van der Waals surface area contributed by atoms with Crippen LogP contribution in [0.25, 0.3) is 10.3 Å². The summed E-state index contributed by atoms with van der Waals surface area (Å²) in [6.45, 7) is 4.15. The lowest BCUT2D eigenvalue weighted by atomic mass is 9.87. The smallest absolute Gasteiger partial charge is 0.263 e. The summed E-state index contributed by atoms with van der Waals surface area (Å²) >= 11 is 1.32. The van der Waals surface area contributed by atoms with Crippen molar-refractivity contribution in [3.63, 3.8) is 0 Å². The number of aryl methyl sites for hydroxylation is 2. The molecule has 0 radical (unpaired) electrons. The normalized spacial score (nSPS) is 24.8. The standard InChI is InChI=1S/C25H30N6OS/c1-14-11-27-22-21(26)23(33-25(22)28-14)24(32)29-17-5-3-16-10-18(6-4-15(16)9-17)31-12-19-7-8-20(13-31)30(19)2/h4,6,10-11,17,19-20H,3,5,7-9,12-13,26H2,1-2H3,(H,29,32)/t17-,19?,20?/m0/s1. The van der Waals surface area contributed by atoms with Crippen LogP contribution < -0.4 is 16.0 Å². The lowest BCUT2D eigenvalue weighted by Gasteiger charge is -2.40. The average Bonchev–Trinajstić information content (AvgIpc) is 3.21. The Hall–Kier alpha value is -2.71. The van der Waals surface area contributed by atoms with Crippen molar-refractivity contribution in [2.45, 2.75) is 57.2 Å². The van der Waals surface area contributed by atoms with E-state index in [9.17, 15) is 4.79 Å². The van der Waals surface area contributed by atoms with Crippen molar-refractivity contribution in [1.29, 1.82) is 0 Å². The summed E-state index contributed by atoms with van der Waals surface area (Å²) in [4.78, 5) is 28.2. The van der Waals surface area contributed by atoms with Crippen LogP contribution in [0.3, 0.4) is 0 Å². The van der Waals surface area contributed by atoms with Gasteiger partial charge >= 0.3 is 0 Å². The molecule has 1 aromatic carbocycles. The van der Waals surface area contributed by atoms with E-state index in [1.807, 2.05) is 6.92 Å². The number of nitrogens with zero attached hydrogens (tertiary/aromatic N) is 4. The van der Waals surface area contributed by atoms with Gasteiger partial charge in [-0.25, -0.2) is 9.97 Å². The van der Waals surface area contributed by atoms with E-state index in [1.165, 1.54) is 41.0 Å². The molecule has 1 aliphatic carbocycles. The van der Waals surface area contributed by atoms with Gasteiger partial charge in [0.2, 0.25) is 0 Å². The number of nitrogens with two attached hydrogens (primary N) is 1. The first-order valence-corrected chi connectivity index (χ1v) is 12.7. The maximum Gasteiger partial charge on any atom is 0.263 e. The Balaban J connectivity index is 1.15. The topological polar surface area (TPSA) is 87.4 Å². The number of amides is 1. The molecule has 3 N–H and O–H groups in total. The summed E-state index contributed by atoms with van der Waals surface area (Å²) in [6.07, 6.45) is 7.11. The molecule has 2 aliphatic heterocycles. The van der Waals surface area contributed by atoms with Crippen LogP contribution in [-0.4, -0.2) is 59.0 Å². The van der Waals surface area contributed by atoms with Crippen LogP contribution in [0.4, 0.5) is 11.4 Å². The van der Waals surface area contributed by atoms with E-state index >= 15 is 0 Å². The van der Waals surface area contributed by atoms with Crippen molar-refractivity contribution in [2.75, 3.05) is 30.8 Å². The Bertz CT molecular complexity index is 1230. The molecule has 6 rings (SSSR count). The third-order valence-electron chi connectivity index (χ3n) is 7.73. The van der Waals surface area contributed by atoms with Gasteiger partial charge in [-0.15, -0.1) is 11.3 Å². The van der Waals surface area contributed by atoms with E-state index in [1.54, 1.807) is 6.20 Å². The summed E-state index contributed by atoms with van der Waals surface area (Å²) in [7, 11) is 2.28. The van der Waals surface area contributed by atoms with E-state index in [-0.39, 0.29) is 11.9 Å². The minimum absolute atomic E-state index is 0.114. The van der Waals surface area contributed by atoms with Crippen LogP contribution in [0.5, 0.6) is 0 Å². The van der Waals surface area contributed by atoms with Gasteiger partial charge in [-0.3, -0.25) is 9.69 Å². The number of piperazine rings is 1. The highest BCUT2D eigenvalue weighted by molar-refractivity contribution is 7.21. The van der Waals surface area contributed by atoms with E-state index in [4.69, 9.17) is 5.73 Å². The second-order valence-corrected chi connectivity index (χ2v) is 10.8. The van der Waals surface area contributed by atoms with Gasteiger partial charge in [-0.2, -0.15) is 0 Å². The van der Waals surface area contributed by atoms with Gasteiger partial charge in [0.1, 0.15) is 15.2 Å². The van der Waals surface area contributed by atoms with Crippen molar-refractivity contribution < 1.29 is 4.79 Å². The van der Waals surface area contributed by atoms with Crippen LogP contribution in [0, 0.1) is 6.92 Å². The van der Waals surface area contributed by atoms with Crippen molar-refractivity contribution in [2.24, 2.45) is 0 Å². The number of benzene rings is 1. The monoisotopic (exact) mass is 462 g/mol. The molecule has 8 heteroatoms. The van der Waals surface area contributed by atoms with Gasteiger partial charge < -0.3 is 16.0 Å². The zero-order valence-electron chi connectivity index (χ0n) is 19.2. The molecule has 2 saturated heterocycles. The Labute approximate surface area is 198 Å². The van der Waals surface area contributed by atoms with E-state index in [2.05, 4.69) is 50.3 Å². The van der Waals surface area contributed by atoms with Gasteiger partial charge in [-0.1, -0.05) is 6.07 Å². The quantitative estimate of drug-likeness (QED) is 0.622. The number of fused-ring (bicyclic) bond motifs is 4. The van der Waals surface area contributed by atoms with Gasteiger partial charge in [0.05, 0.1) is 11.4 Å². The van der Waals surface area contributed by atoms with Crippen LogP contribution in [0.15, 0.2) is 24.4 Å². The fourth-order valence-electron chi connectivity index (χ4n) is 5.78. The molecule has 4 heterocycles. The van der Waals surface area contributed by atoms with E-state index in [0.29, 0.717) is 28.2 Å². The first-order chi connectivity index (χ1) is 16.0. The van der Waals surface area contributed by atoms with E-state index < -0.39 is 0 Å². The summed E-state index contributed by atoms with van der Waals surface area (Å²) in [5, 5.41) is 3.22. The molecular formula is C25H30N6OS. The number of thiophene rings is 1. The number of nitrogen functional groups attached to an aromatic ring is 1. The van der Waals surface area contributed by atoms with Crippen LogP contribution in [0.2, 0.25) is 0 Å². The summed E-state index contributed by atoms with van der Waals surface area (Å²) < 4.78 is 0. The molecule has 33 heavy (non-hydrogen) atoms. The van der Waals surface area contributed by atoms with Crippen LogP contribution in [-0.2, 0) is 12.8 Å². The van der Waals surface area contributed by atoms with Gasteiger partial charge in [0, 0.05) is 43.1 Å². The van der Waals surface area contributed by atoms with Crippen LogP contribution in [0.1, 0.15) is 45.8 Å².